The van der Waals surface area contributed by atoms with Crippen LogP contribution in [0.25, 0.3) is 0 Å². The Morgan fingerprint density at radius 2 is 2.32 bits per heavy atom. The van der Waals surface area contributed by atoms with Gasteiger partial charge in [-0.3, -0.25) is 0 Å². The molecule has 0 spiro atoms. The van der Waals surface area contributed by atoms with Gasteiger partial charge in [0, 0.05) is 6.54 Å². The van der Waals surface area contributed by atoms with E-state index in [1.807, 2.05) is 12.1 Å². The molecular weight excluding hydrogens is 242 g/mol. The smallest absolute Gasteiger partial charge is 0.342 e. The Kier molecular flexibility index (Phi) is 3.58. The predicted molar refractivity (Wildman–Crippen MR) is 72.7 cm³/mol. The van der Waals surface area contributed by atoms with Crippen LogP contribution in [0.1, 0.15) is 36.0 Å². The van der Waals surface area contributed by atoms with Crippen LogP contribution < -0.4 is 10.1 Å². The van der Waals surface area contributed by atoms with Gasteiger partial charge in [-0.15, -0.1) is 0 Å². The van der Waals surface area contributed by atoms with Crippen LogP contribution in [0, 0.1) is 5.92 Å². The van der Waals surface area contributed by atoms with Gasteiger partial charge in [-0.05, 0) is 24.5 Å². The summed E-state index contributed by atoms with van der Waals surface area (Å²) in [6.07, 6.45) is 4.88. The molecule has 0 saturated heterocycles. The molecule has 1 N–H and O–H groups in total. The Balaban J connectivity index is 1.62. The van der Waals surface area contributed by atoms with Crippen molar-refractivity contribution in [1.82, 2.24) is 0 Å². The normalized spacial score (nSPS) is 17.7. The molecule has 0 amide bonds. The number of benzene rings is 1. The van der Waals surface area contributed by atoms with Gasteiger partial charge in [0.25, 0.3) is 0 Å². The fourth-order valence-corrected chi connectivity index (χ4v) is 2.51. The molecule has 102 valence electrons. The molecule has 1 aromatic carbocycles. The molecule has 2 aliphatic rings. The number of carbonyl (C=O) groups excluding carboxylic acids is 1. The van der Waals surface area contributed by atoms with Crippen LogP contribution in [0.3, 0.4) is 0 Å². The number of nitrogens with one attached hydrogen (secondary N) is 1. The van der Waals surface area contributed by atoms with Crippen molar-refractivity contribution in [2.75, 3.05) is 25.1 Å². The minimum Gasteiger partial charge on any atom is -0.489 e. The zero-order valence-corrected chi connectivity index (χ0v) is 11.0. The van der Waals surface area contributed by atoms with Gasteiger partial charge >= 0.3 is 5.97 Å². The molecule has 0 atom stereocenters. The van der Waals surface area contributed by atoms with Crippen LogP contribution in [0.4, 0.5) is 5.69 Å². The molecule has 19 heavy (non-hydrogen) atoms. The third kappa shape index (κ3) is 2.67. The quantitative estimate of drug-likeness (QED) is 0.847. The van der Waals surface area contributed by atoms with E-state index >= 15 is 0 Å². The zero-order chi connectivity index (χ0) is 13.1. The number of rotatable bonds is 4. The Morgan fingerprint density at radius 1 is 1.42 bits per heavy atom. The van der Waals surface area contributed by atoms with Crippen LogP contribution in [-0.4, -0.2) is 25.7 Å². The largest absolute Gasteiger partial charge is 0.489 e. The summed E-state index contributed by atoms with van der Waals surface area (Å²) in [4.78, 5) is 12.1. The molecule has 0 bridgehead atoms. The Morgan fingerprint density at radius 3 is 3.11 bits per heavy atom. The Hall–Kier alpha value is -1.71. The highest BCUT2D eigenvalue weighted by molar-refractivity contribution is 5.95. The summed E-state index contributed by atoms with van der Waals surface area (Å²) in [6.45, 7) is 1.87. The SMILES string of the molecule is O=C(OCCC1CCC1)c1cccc2c1OCCN2. The lowest BCUT2D eigenvalue weighted by atomic mass is 9.83. The van der Waals surface area contributed by atoms with Gasteiger partial charge < -0.3 is 14.8 Å². The van der Waals surface area contributed by atoms with E-state index in [9.17, 15) is 4.79 Å². The number of hydrogen-bond donors (Lipinski definition) is 1. The van der Waals surface area contributed by atoms with Gasteiger partial charge in [-0.2, -0.15) is 0 Å². The van der Waals surface area contributed by atoms with Crippen LogP contribution in [0.5, 0.6) is 5.75 Å². The fraction of sp³-hybridized carbons (Fsp3) is 0.533. The van der Waals surface area contributed by atoms with E-state index in [0.717, 1.165) is 24.6 Å². The van der Waals surface area contributed by atoms with E-state index in [1.54, 1.807) is 6.07 Å². The minimum atomic E-state index is -0.278. The van der Waals surface area contributed by atoms with Crippen molar-refractivity contribution in [3.05, 3.63) is 23.8 Å². The van der Waals surface area contributed by atoms with Crippen molar-refractivity contribution in [2.45, 2.75) is 25.7 Å². The van der Waals surface area contributed by atoms with Crippen LogP contribution >= 0.6 is 0 Å². The van der Waals surface area contributed by atoms with Gasteiger partial charge in [0.2, 0.25) is 0 Å². The van der Waals surface area contributed by atoms with E-state index in [1.165, 1.54) is 19.3 Å². The van der Waals surface area contributed by atoms with Gasteiger partial charge in [0.05, 0.1) is 12.3 Å². The first-order valence-electron chi connectivity index (χ1n) is 7.01. The molecule has 0 radical (unpaired) electrons. The third-order valence-electron chi connectivity index (χ3n) is 3.88. The first kappa shape index (κ1) is 12.3. The lowest BCUT2D eigenvalue weighted by Crippen LogP contribution is -2.21. The molecule has 1 heterocycles. The van der Waals surface area contributed by atoms with Crippen molar-refractivity contribution in [1.29, 1.82) is 0 Å². The molecule has 4 heteroatoms. The van der Waals surface area contributed by atoms with Crippen molar-refractivity contribution in [3.8, 4) is 5.75 Å². The predicted octanol–water partition coefficient (Wildman–Crippen LogP) is 2.84. The molecule has 0 aromatic heterocycles. The highest BCUT2D eigenvalue weighted by Gasteiger charge is 2.21. The molecular formula is C15H19NO3. The number of hydrogen-bond acceptors (Lipinski definition) is 4. The third-order valence-corrected chi connectivity index (χ3v) is 3.88. The molecule has 1 aromatic rings. The summed E-state index contributed by atoms with van der Waals surface area (Å²) in [7, 11) is 0. The monoisotopic (exact) mass is 261 g/mol. The fourth-order valence-electron chi connectivity index (χ4n) is 2.51. The number of para-hydroxylation sites is 1. The van der Waals surface area contributed by atoms with Gasteiger partial charge in [-0.25, -0.2) is 4.79 Å². The maximum atomic E-state index is 12.1. The standard InChI is InChI=1S/C15H19NO3/c17-15(19-9-7-11-3-1-4-11)12-5-2-6-13-14(12)18-10-8-16-13/h2,5-6,11,16H,1,3-4,7-10H2. The van der Waals surface area contributed by atoms with Gasteiger partial charge in [0.15, 0.2) is 5.75 Å². The van der Waals surface area contributed by atoms with E-state index in [0.29, 0.717) is 24.5 Å². The number of carbonyl (C=O) groups is 1. The summed E-state index contributed by atoms with van der Waals surface area (Å²) in [5.74, 6) is 1.11. The minimum absolute atomic E-state index is 0.278. The van der Waals surface area contributed by atoms with Crippen LogP contribution in [0.15, 0.2) is 18.2 Å². The van der Waals surface area contributed by atoms with Gasteiger partial charge in [0.1, 0.15) is 12.2 Å². The summed E-state index contributed by atoms with van der Waals surface area (Å²) in [6, 6.07) is 5.53. The Labute approximate surface area is 113 Å². The summed E-state index contributed by atoms with van der Waals surface area (Å²) >= 11 is 0. The summed E-state index contributed by atoms with van der Waals surface area (Å²) in [5.41, 5.74) is 1.40. The van der Waals surface area contributed by atoms with E-state index in [-0.39, 0.29) is 5.97 Å². The second-order valence-electron chi connectivity index (χ2n) is 5.18. The summed E-state index contributed by atoms with van der Waals surface area (Å²) < 4.78 is 10.9. The van der Waals surface area contributed by atoms with Crippen LogP contribution in [-0.2, 0) is 4.74 Å². The topological polar surface area (TPSA) is 47.6 Å². The van der Waals surface area contributed by atoms with E-state index < -0.39 is 0 Å². The first-order valence-corrected chi connectivity index (χ1v) is 7.01. The average Bonchev–Trinajstić information content (AvgIpc) is 2.40. The molecule has 3 rings (SSSR count). The first-order chi connectivity index (χ1) is 9.34. The molecule has 1 aliphatic carbocycles. The maximum absolute atomic E-state index is 12.1. The number of ether oxygens (including phenoxy) is 2. The second kappa shape index (κ2) is 5.51. The van der Waals surface area contributed by atoms with Crippen molar-refractivity contribution >= 4 is 11.7 Å². The molecule has 1 aliphatic heterocycles. The highest BCUT2D eigenvalue weighted by atomic mass is 16.5. The Bertz CT molecular complexity index is 468. The lowest BCUT2D eigenvalue weighted by molar-refractivity contribution is 0.0459. The number of fused-ring (bicyclic) bond motifs is 1. The van der Waals surface area contributed by atoms with E-state index in [2.05, 4.69) is 5.32 Å². The molecule has 1 fully saturated rings. The summed E-state index contributed by atoms with van der Waals surface area (Å²) in [5, 5.41) is 3.22. The highest BCUT2D eigenvalue weighted by Crippen LogP contribution is 2.32. The number of anilines is 1. The van der Waals surface area contributed by atoms with Crippen molar-refractivity contribution in [3.63, 3.8) is 0 Å². The molecule has 0 unspecified atom stereocenters. The van der Waals surface area contributed by atoms with Crippen molar-refractivity contribution in [2.24, 2.45) is 5.92 Å². The van der Waals surface area contributed by atoms with E-state index in [4.69, 9.17) is 9.47 Å². The zero-order valence-electron chi connectivity index (χ0n) is 11.0. The average molecular weight is 261 g/mol. The van der Waals surface area contributed by atoms with Crippen molar-refractivity contribution < 1.29 is 14.3 Å². The van der Waals surface area contributed by atoms with Crippen LogP contribution in [0.2, 0.25) is 0 Å². The maximum Gasteiger partial charge on any atom is 0.342 e. The van der Waals surface area contributed by atoms with Gasteiger partial charge in [-0.1, -0.05) is 25.3 Å². The second-order valence-corrected chi connectivity index (χ2v) is 5.18. The lowest BCUT2D eigenvalue weighted by Gasteiger charge is -2.25. The number of esters is 1. The molecule has 4 nitrogen and oxygen atoms in total. The molecule has 1 saturated carbocycles.